The van der Waals surface area contributed by atoms with E-state index in [1.54, 1.807) is 21.3 Å². The molecule has 0 amide bonds. The molecule has 0 aliphatic rings. The first kappa shape index (κ1) is 101. The lowest BCUT2D eigenvalue weighted by atomic mass is 9.12. The number of benzene rings is 14. The highest BCUT2D eigenvalue weighted by Crippen LogP contribution is 2.39. The molecule has 14 aromatic carbocycles. The van der Waals surface area contributed by atoms with E-state index in [0.717, 1.165) is 17.2 Å². The highest BCUT2D eigenvalue weighted by molar-refractivity contribution is 7.97. The van der Waals surface area contributed by atoms with Gasteiger partial charge in [0, 0.05) is 0 Å². The van der Waals surface area contributed by atoms with E-state index in [0.29, 0.717) is 0 Å². The average Bonchev–Trinajstić information content (AvgIpc) is 0.683. The van der Waals surface area contributed by atoms with Crippen molar-refractivity contribution in [3.05, 3.63) is 396 Å². The van der Waals surface area contributed by atoms with Gasteiger partial charge in [0.25, 0.3) is 0 Å². The number of rotatable bonds is 17. The Kier molecular flexibility index (Phi) is 30.0. The van der Waals surface area contributed by atoms with E-state index < -0.39 is 289 Å². The Hall–Kier alpha value is -13.5. The first-order valence-corrected chi connectivity index (χ1v) is 38.6. The summed E-state index contributed by atoms with van der Waals surface area (Å²) in [5.41, 5.74) is -28.7. The molecule has 0 atom stereocenters. The molecule has 0 N–H and O–H groups in total. The van der Waals surface area contributed by atoms with E-state index in [1.165, 1.54) is 29.4 Å². The smallest absolute Gasteiger partial charge is 0.200 e. The molecule has 0 heterocycles. The summed E-state index contributed by atoms with van der Waals surface area (Å²) in [7, 11) is 4.82. The summed E-state index contributed by atoms with van der Waals surface area (Å²) in [6.45, 7) is 0. The van der Waals surface area contributed by atoms with Gasteiger partial charge in [-0.3, -0.25) is 0 Å². The summed E-state index contributed by atoms with van der Waals surface area (Å²) in [6.07, 6.45) is -14.4. The van der Waals surface area contributed by atoms with E-state index in [4.69, 9.17) is 14.2 Å². The van der Waals surface area contributed by atoms with E-state index in [9.17, 15) is 105 Å². The van der Waals surface area contributed by atoms with E-state index >= 15 is 70.2 Å². The van der Waals surface area contributed by atoms with Crippen LogP contribution in [0.5, 0.6) is 17.2 Å². The average molecular weight is 1970 g/mol. The minimum atomic E-state index is -7.22. The molecule has 0 bridgehead atoms. The molecule has 47 heteroatoms. The van der Waals surface area contributed by atoms with Gasteiger partial charge in [-0.25, -0.2) is 176 Å². The third-order valence-electron chi connectivity index (χ3n) is 20.2. The Morgan fingerprint density at radius 3 is 0.336 bits per heavy atom. The zero-order valence-corrected chi connectivity index (χ0v) is 67.0. The summed E-state index contributed by atoms with van der Waals surface area (Å²) in [4.78, 5) is 7.78. The van der Waals surface area contributed by atoms with Crippen LogP contribution in [0, 0.1) is 233 Å². The fourth-order valence-corrected chi connectivity index (χ4v) is 18.5. The summed E-state index contributed by atoms with van der Waals surface area (Å²) in [5.74, 6) is -140. The standard InChI is InChI=1S/2C24BF20.C21H21O3S.C18H15S/c2*26-5-1(6(27)14(35)21(42)13(5)34)25(2-7(28)15(36)22(43)16(37)8(2)29,3-9(30)17(38)23(44)18(39)10(3)31)4-11(32)19(40)24(45)20(41)12(4)33;1-22-16-4-10-19(11-5-16)25(20-12-6-17(23-2)7-13-20)21-14-8-18(24-3)9-15-21;1-4-10-16(11-5-1)19(17-12-6-2-7-13-17)18-14-8-3-9-15-18/h;;4-15H,1-3H3;1-15H/q2*-1;2*+1. The van der Waals surface area contributed by atoms with Crippen molar-refractivity contribution >= 4 is 77.8 Å². The van der Waals surface area contributed by atoms with E-state index in [-0.39, 0.29) is 21.8 Å². The monoisotopic (exact) mass is 1970 g/mol. The van der Waals surface area contributed by atoms with Crippen molar-refractivity contribution in [3.63, 3.8) is 0 Å². The molecule has 0 saturated carbocycles. The summed E-state index contributed by atoms with van der Waals surface area (Å²) < 4.78 is 604. The first-order chi connectivity index (χ1) is 63.1. The minimum absolute atomic E-state index is 0.0146. The molecule has 0 aliphatic heterocycles. The van der Waals surface area contributed by atoms with Gasteiger partial charge in [0.05, 0.1) is 43.1 Å². The van der Waals surface area contributed by atoms with Crippen LogP contribution in [0.2, 0.25) is 0 Å². The molecule has 14 rings (SSSR count). The molecule has 0 aromatic heterocycles. The predicted molar refractivity (Wildman–Crippen MR) is 401 cm³/mol. The Balaban J connectivity index is 0.000000181. The molecule has 14 aromatic rings. The second-order valence-electron chi connectivity index (χ2n) is 27.2. The van der Waals surface area contributed by atoms with Gasteiger partial charge in [0.15, 0.2) is 169 Å². The Morgan fingerprint density at radius 1 is 0.134 bits per heavy atom. The van der Waals surface area contributed by atoms with Gasteiger partial charge in [0.1, 0.15) is 123 Å². The Bertz CT molecular complexity index is 5670. The fourth-order valence-electron chi connectivity index (χ4n) is 14.4. The zero-order chi connectivity index (χ0) is 99.3. The number of hydrogen-bond acceptors (Lipinski definition) is 3. The molecule has 0 radical (unpaired) electrons. The molecule has 700 valence electrons. The van der Waals surface area contributed by atoms with Gasteiger partial charge < -0.3 is 14.2 Å². The maximum absolute atomic E-state index is 15.4. The van der Waals surface area contributed by atoms with Gasteiger partial charge in [-0.15, -0.1) is 43.7 Å². The number of ether oxygens (including phenoxy) is 3. The van der Waals surface area contributed by atoms with Crippen molar-refractivity contribution in [3.8, 4) is 17.2 Å². The number of methoxy groups -OCH3 is 3. The van der Waals surface area contributed by atoms with E-state index in [1.807, 2.05) is 36.4 Å². The van der Waals surface area contributed by atoms with Crippen molar-refractivity contribution in [2.45, 2.75) is 29.4 Å². The molecule has 0 unspecified atom stereocenters. The third-order valence-corrected chi connectivity index (χ3v) is 24.7. The minimum Gasteiger partial charge on any atom is -0.497 e. The highest BCUT2D eigenvalue weighted by Gasteiger charge is 2.55. The van der Waals surface area contributed by atoms with E-state index in [2.05, 4.69) is 127 Å². The number of halogens is 40. The van der Waals surface area contributed by atoms with Crippen molar-refractivity contribution < 1.29 is 190 Å². The van der Waals surface area contributed by atoms with Gasteiger partial charge in [-0.2, -0.15) is 0 Å². The van der Waals surface area contributed by atoms with Gasteiger partial charge in [-0.05, 0) is 109 Å². The quantitative estimate of drug-likeness (QED) is 0.0299. The summed E-state index contributed by atoms with van der Waals surface area (Å²) in [6, 6.07) is 56.9. The molecule has 134 heavy (non-hydrogen) atoms. The first-order valence-electron chi connectivity index (χ1n) is 36.1. The molecular weight excluding hydrogens is 1940 g/mol. The van der Waals surface area contributed by atoms with Crippen molar-refractivity contribution in [2.24, 2.45) is 0 Å². The lowest BCUT2D eigenvalue weighted by molar-refractivity contribution is 0.377. The lowest BCUT2D eigenvalue weighted by Gasteiger charge is -2.44. The highest BCUT2D eigenvalue weighted by atomic mass is 32.2. The molecule has 0 fully saturated rings. The van der Waals surface area contributed by atoms with Crippen LogP contribution in [-0.4, -0.2) is 33.6 Å². The zero-order valence-electron chi connectivity index (χ0n) is 65.4. The predicted octanol–water partition coefficient (Wildman–Crippen LogP) is 21.3. The Morgan fingerprint density at radius 2 is 0.231 bits per heavy atom. The third kappa shape index (κ3) is 17.0. The van der Waals surface area contributed by atoms with Gasteiger partial charge >= 0.3 is 0 Å². The SMILES string of the molecule is COc1ccc([S+](c2ccc(OC)cc2)c2ccc(OC)cc2)cc1.Fc1c(F)c(F)c([B-](c2c(F)c(F)c(F)c(F)c2F)(c2c(F)c(F)c(F)c(F)c2F)c2c(F)c(F)c(F)c(F)c2F)c(F)c1F.Fc1c(F)c(F)c([B-](c2c(F)c(F)c(F)c(F)c2F)(c2c(F)c(F)c(F)c(F)c2F)c2c(F)c(F)c(F)c(F)c2F)c(F)c1F.c1ccc([S+](c2ccccc2)c2ccccc2)cc1. The van der Waals surface area contributed by atoms with Crippen LogP contribution in [-0.2, 0) is 21.8 Å². The number of hydrogen-bond donors (Lipinski definition) is 0. The summed E-state index contributed by atoms with van der Waals surface area (Å²) >= 11 is 0. The van der Waals surface area contributed by atoms with Gasteiger partial charge in [0.2, 0.25) is 0 Å². The van der Waals surface area contributed by atoms with Crippen molar-refractivity contribution in [1.82, 2.24) is 0 Å². The molecule has 0 saturated heterocycles. The lowest BCUT2D eigenvalue weighted by Crippen LogP contribution is -2.81. The van der Waals surface area contributed by atoms with Crippen LogP contribution in [0.25, 0.3) is 0 Å². The van der Waals surface area contributed by atoms with Crippen molar-refractivity contribution in [2.75, 3.05) is 21.3 Å². The topological polar surface area (TPSA) is 27.7 Å². The van der Waals surface area contributed by atoms with Crippen LogP contribution in [0.4, 0.5) is 176 Å². The molecule has 0 spiro atoms. The molecular formula is C87H36B2F40O3S2. The summed E-state index contributed by atoms with van der Waals surface area (Å²) in [5, 5.41) is 0. The maximum atomic E-state index is 15.4. The van der Waals surface area contributed by atoms with Crippen LogP contribution in [0.1, 0.15) is 0 Å². The van der Waals surface area contributed by atoms with Crippen LogP contribution in [0.3, 0.4) is 0 Å². The Labute approximate surface area is 729 Å². The fraction of sp³-hybridized carbons (Fsp3) is 0.0345. The largest absolute Gasteiger partial charge is 0.497 e. The second kappa shape index (κ2) is 39.7. The molecule has 0 aliphatic carbocycles. The van der Waals surface area contributed by atoms with Crippen LogP contribution in [0.15, 0.2) is 193 Å². The van der Waals surface area contributed by atoms with Crippen LogP contribution < -0.4 is 57.9 Å². The maximum Gasteiger partial charge on any atom is 0.200 e. The van der Waals surface area contributed by atoms with Gasteiger partial charge in [-0.1, -0.05) is 54.6 Å². The normalized spacial score (nSPS) is 11.5. The molecule has 3 nitrogen and oxygen atoms in total. The van der Waals surface area contributed by atoms with Crippen LogP contribution >= 0.6 is 0 Å². The second-order valence-corrected chi connectivity index (χ2v) is 31.2. The van der Waals surface area contributed by atoms with Crippen molar-refractivity contribution in [1.29, 1.82) is 0 Å².